The van der Waals surface area contributed by atoms with Crippen LogP contribution in [0.5, 0.6) is 0 Å². The average Bonchev–Trinajstić information content (AvgIpc) is 2.78. The first-order valence-electron chi connectivity index (χ1n) is 7.81. The van der Waals surface area contributed by atoms with Crippen LogP contribution in [-0.2, 0) is 0 Å². The maximum atomic E-state index is 3.63. The zero-order valence-electron chi connectivity index (χ0n) is 13.0. The standard InChI is InChI=1S/C18H29N/c1-14(2)13-18(10-5-6-11-18)17(19-4)16-9-7-8-15(3)12-16/h7-9,12,14,17,19H,5-6,10-11,13H2,1-4H3. The summed E-state index contributed by atoms with van der Waals surface area (Å²) in [7, 11) is 2.13. The monoisotopic (exact) mass is 259 g/mol. The van der Waals surface area contributed by atoms with Crippen LogP contribution in [0, 0.1) is 18.3 Å². The summed E-state index contributed by atoms with van der Waals surface area (Å²) >= 11 is 0. The molecule has 0 aromatic heterocycles. The fourth-order valence-corrected chi connectivity index (χ4v) is 4.18. The Bertz CT molecular complexity index is 402. The topological polar surface area (TPSA) is 12.0 Å². The van der Waals surface area contributed by atoms with Gasteiger partial charge in [-0.3, -0.25) is 0 Å². The van der Waals surface area contributed by atoms with Crippen molar-refractivity contribution in [2.45, 2.75) is 58.9 Å². The van der Waals surface area contributed by atoms with Gasteiger partial charge in [-0.2, -0.15) is 0 Å². The molecular formula is C18H29N. The number of aryl methyl sites for hydroxylation is 1. The largest absolute Gasteiger partial charge is 0.313 e. The molecule has 0 radical (unpaired) electrons. The Morgan fingerprint density at radius 3 is 2.42 bits per heavy atom. The SMILES string of the molecule is CNC(c1cccc(C)c1)C1(CC(C)C)CCCC1. The molecule has 0 saturated heterocycles. The highest BCUT2D eigenvalue weighted by Gasteiger charge is 2.41. The molecule has 0 aliphatic heterocycles. The zero-order chi connectivity index (χ0) is 13.9. The Kier molecular flexibility index (Phi) is 4.67. The van der Waals surface area contributed by atoms with E-state index in [1.165, 1.54) is 43.2 Å². The normalized spacial score (nSPS) is 19.8. The first-order valence-corrected chi connectivity index (χ1v) is 7.81. The van der Waals surface area contributed by atoms with Crippen LogP contribution in [0.4, 0.5) is 0 Å². The first kappa shape index (κ1) is 14.6. The molecule has 19 heavy (non-hydrogen) atoms. The molecule has 1 atom stereocenters. The van der Waals surface area contributed by atoms with Gasteiger partial charge >= 0.3 is 0 Å². The van der Waals surface area contributed by atoms with Gasteiger partial charge in [-0.15, -0.1) is 0 Å². The Morgan fingerprint density at radius 2 is 1.89 bits per heavy atom. The van der Waals surface area contributed by atoms with E-state index in [9.17, 15) is 0 Å². The van der Waals surface area contributed by atoms with E-state index in [-0.39, 0.29) is 0 Å². The molecular weight excluding hydrogens is 230 g/mol. The quantitative estimate of drug-likeness (QED) is 0.796. The molecule has 1 fully saturated rings. The lowest BCUT2D eigenvalue weighted by Crippen LogP contribution is -2.35. The predicted molar refractivity (Wildman–Crippen MR) is 83.3 cm³/mol. The van der Waals surface area contributed by atoms with Crippen molar-refractivity contribution in [3.63, 3.8) is 0 Å². The molecule has 1 aromatic carbocycles. The van der Waals surface area contributed by atoms with Crippen molar-refractivity contribution in [2.24, 2.45) is 11.3 Å². The maximum Gasteiger partial charge on any atom is 0.0374 e. The Balaban J connectivity index is 2.32. The van der Waals surface area contributed by atoms with Crippen molar-refractivity contribution >= 4 is 0 Å². The molecule has 0 bridgehead atoms. The molecule has 1 aromatic rings. The molecule has 0 spiro atoms. The first-order chi connectivity index (χ1) is 9.07. The van der Waals surface area contributed by atoms with Crippen molar-refractivity contribution in [1.29, 1.82) is 0 Å². The fraction of sp³-hybridized carbons (Fsp3) is 0.667. The van der Waals surface area contributed by atoms with Gasteiger partial charge in [0.1, 0.15) is 0 Å². The lowest BCUT2D eigenvalue weighted by Gasteiger charge is -2.39. The molecule has 2 rings (SSSR count). The van der Waals surface area contributed by atoms with E-state index in [1.807, 2.05) is 0 Å². The van der Waals surface area contributed by atoms with Crippen LogP contribution in [-0.4, -0.2) is 7.05 Å². The van der Waals surface area contributed by atoms with E-state index in [0.29, 0.717) is 11.5 Å². The van der Waals surface area contributed by atoms with E-state index in [4.69, 9.17) is 0 Å². The highest BCUT2D eigenvalue weighted by molar-refractivity contribution is 5.27. The third-order valence-corrected chi connectivity index (χ3v) is 4.69. The Labute approximate surface area is 118 Å². The highest BCUT2D eigenvalue weighted by atomic mass is 14.9. The maximum absolute atomic E-state index is 3.63. The number of hydrogen-bond donors (Lipinski definition) is 1. The summed E-state index contributed by atoms with van der Waals surface area (Å²) in [4.78, 5) is 0. The minimum absolute atomic E-state index is 0.469. The van der Waals surface area contributed by atoms with Crippen LogP contribution in [0.2, 0.25) is 0 Å². The molecule has 1 saturated carbocycles. The molecule has 0 amide bonds. The summed E-state index contributed by atoms with van der Waals surface area (Å²) in [5.74, 6) is 0.777. The minimum Gasteiger partial charge on any atom is -0.313 e. The smallest absolute Gasteiger partial charge is 0.0374 e. The van der Waals surface area contributed by atoms with Gasteiger partial charge in [-0.25, -0.2) is 0 Å². The van der Waals surface area contributed by atoms with Crippen molar-refractivity contribution in [3.05, 3.63) is 35.4 Å². The summed E-state index contributed by atoms with van der Waals surface area (Å²) in [6.07, 6.45) is 6.90. The van der Waals surface area contributed by atoms with Crippen molar-refractivity contribution in [3.8, 4) is 0 Å². The molecule has 1 aliphatic rings. The lowest BCUT2D eigenvalue weighted by molar-refractivity contribution is 0.161. The van der Waals surface area contributed by atoms with Gasteiger partial charge in [0, 0.05) is 6.04 Å². The number of benzene rings is 1. The lowest BCUT2D eigenvalue weighted by atomic mass is 9.70. The van der Waals surface area contributed by atoms with Crippen molar-refractivity contribution in [1.82, 2.24) is 5.32 Å². The fourth-order valence-electron chi connectivity index (χ4n) is 4.18. The summed E-state index contributed by atoms with van der Waals surface area (Å²) in [5, 5.41) is 3.63. The molecule has 1 nitrogen and oxygen atoms in total. The zero-order valence-corrected chi connectivity index (χ0v) is 13.0. The van der Waals surface area contributed by atoms with Gasteiger partial charge < -0.3 is 5.32 Å². The number of rotatable bonds is 5. The van der Waals surface area contributed by atoms with Gasteiger partial charge in [0.15, 0.2) is 0 Å². The minimum atomic E-state index is 0.469. The van der Waals surface area contributed by atoms with Crippen LogP contribution in [0.3, 0.4) is 0 Å². The third-order valence-electron chi connectivity index (χ3n) is 4.69. The van der Waals surface area contributed by atoms with Crippen LogP contribution in [0.15, 0.2) is 24.3 Å². The second kappa shape index (κ2) is 6.09. The van der Waals surface area contributed by atoms with Gasteiger partial charge in [0.25, 0.3) is 0 Å². The van der Waals surface area contributed by atoms with Crippen molar-refractivity contribution in [2.75, 3.05) is 7.05 Å². The van der Waals surface area contributed by atoms with E-state index < -0.39 is 0 Å². The van der Waals surface area contributed by atoms with E-state index in [0.717, 1.165) is 5.92 Å². The van der Waals surface area contributed by atoms with E-state index >= 15 is 0 Å². The van der Waals surface area contributed by atoms with Crippen LogP contribution < -0.4 is 5.32 Å². The van der Waals surface area contributed by atoms with Crippen LogP contribution >= 0.6 is 0 Å². The summed E-state index contributed by atoms with van der Waals surface area (Å²) in [6.45, 7) is 6.92. The molecule has 1 N–H and O–H groups in total. The van der Waals surface area contributed by atoms with Gasteiger partial charge in [-0.05, 0) is 50.1 Å². The van der Waals surface area contributed by atoms with E-state index in [1.54, 1.807) is 0 Å². The third kappa shape index (κ3) is 3.20. The summed E-state index contributed by atoms with van der Waals surface area (Å²) < 4.78 is 0. The Morgan fingerprint density at radius 1 is 1.21 bits per heavy atom. The number of nitrogens with one attached hydrogen (secondary N) is 1. The molecule has 1 heteroatoms. The highest BCUT2D eigenvalue weighted by Crippen LogP contribution is 2.51. The predicted octanol–water partition coefficient (Wildman–Crippen LogP) is 4.86. The molecule has 1 aliphatic carbocycles. The average molecular weight is 259 g/mol. The van der Waals surface area contributed by atoms with Gasteiger partial charge in [0.2, 0.25) is 0 Å². The molecule has 0 heterocycles. The molecule has 1 unspecified atom stereocenters. The van der Waals surface area contributed by atoms with Crippen LogP contribution in [0.1, 0.15) is 63.1 Å². The second-order valence-corrected chi connectivity index (χ2v) is 6.80. The Hall–Kier alpha value is -0.820. The molecule has 106 valence electrons. The summed E-state index contributed by atoms with van der Waals surface area (Å²) in [6, 6.07) is 9.57. The second-order valence-electron chi connectivity index (χ2n) is 6.80. The van der Waals surface area contributed by atoms with E-state index in [2.05, 4.69) is 57.4 Å². The van der Waals surface area contributed by atoms with Gasteiger partial charge in [-0.1, -0.05) is 56.5 Å². The van der Waals surface area contributed by atoms with Crippen molar-refractivity contribution < 1.29 is 0 Å². The van der Waals surface area contributed by atoms with Crippen LogP contribution in [0.25, 0.3) is 0 Å². The van der Waals surface area contributed by atoms with Gasteiger partial charge in [0.05, 0.1) is 0 Å². The summed E-state index contributed by atoms with van der Waals surface area (Å²) in [5.41, 5.74) is 3.32. The number of hydrogen-bond acceptors (Lipinski definition) is 1.